The van der Waals surface area contributed by atoms with Gasteiger partial charge in [-0.1, -0.05) is 62.3 Å². The first kappa shape index (κ1) is 17.3. The van der Waals surface area contributed by atoms with Crippen LogP contribution in [0.4, 0.5) is 0 Å². The predicted molar refractivity (Wildman–Crippen MR) is 90.9 cm³/mol. The molecular weight excluding hydrogens is 242 g/mol. The van der Waals surface area contributed by atoms with Gasteiger partial charge in [-0.3, -0.25) is 0 Å². The summed E-state index contributed by atoms with van der Waals surface area (Å²) in [7, 11) is 0. The highest BCUT2D eigenvalue weighted by molar-refractivity contribution is 5.46. The van der Waals surface area contributed by atoms with Crippen LogP contribution in [-0.2, 0) is 16.2 Å². The normalized spacial score (nSPS) is 13.9. The number of H-pyrrole nitrogens is 1. The quantitative estimate of drug-likeness (QED) is 0.695. The van der Waals surface area contributed by atoms with E-state index in [0.717, 1.165) is 6.42 Å². The largest absolute Gasteiger partial charge is 0.361 e. The van der Waals surface area contributed by atoms with Gasteiger partial charge in [0, 0.05) is 22.2 Å². The number of aromatic amines is 1. The smallest absolute Gasteiger partial charge is 0.0247 e. The summed E-state index contributed by atoms with van der Waals surface area (Å²) in [6.45, 7) is 23.3. The van der Waals surface area contributed by atoms with Crippen LogP contribution in [0.2, 0.25) is 0 Å². The maximum Gasteiger partial charge on any atom is 0.0247 e. The Labute approximate surface area is 126 Å². The van der Waals surface area contributed by atoms with Gasteiger partial charge in [-0.25, -0.2) is 0 Å². The molecule has 1 heterocycles. The molecule has 0 saturated carbocycles. The molecule has 1 rings (SSSR count). The zero-order valence-corrected chi connectivity index (χ0v) is 15.4. The fourth-order valence-electron chi connectivity index (χ4n) is 3.05. The maximum absolute atomic E-state index is 3.82. The Hall–Kier alpha value is -0.720. The van der Waals surface area contributed by atoms with Crippen LogP contribution in [0.5, 0.6) is 0 Å². The van der Waals surface area contributed by atoms with E-state index in [1.807, 2.05) is 0 Å². The molecule has 1 aromatic rings. The van der Waals surface area contributed by atoms with Crippen LogP contribution in [-0.4, -0.2) is 4.98 Å². The van der Waals surface area contributed by atoms with E-state index in [2.05, 4.69) is 74.2 Å². The van der Waals surface area contributed by atoms with Crippen molar-refractivity contribution in [3.63, 3.8) is 0 Å². The molecule has 0 aliphatic carbocycles. The van der Waals surface area contributed by atoms with E-state index in [1.54, 1.807) is 5.56 Å². The number of hydrogen-bond donors (Lipinski definition) is 1. The van der Waals surface area contributed by atoms with E-state index in [1.165, 1.54) is 23.4 Å². The molecule has 0 unspecified atom stereocenters. The zero-order valence-electron chi connectivity index (χ0n) is 15.4. The van der Waals surface area contributed by atoms with Crippen LogP contribution in [0.15, 0.2) is 0 Å². The predicted octanol–water partition coefficient (Wildman–Crippen LogP) is 6.00. The van der Waals surface area contributed by atoms with Crippen molar-refractivity contribution in [2.75, 3.05) is 0 Å². The van der Waals surface area contributed by atoms with Crippen molar-refractivity contribution in [1.29, 1.82) is 0 Å². The molecule has 20 heavy (non-hydrogen) atoms. The van der Waals surface area contributed by atoms with E-state index in [4.69, 9.17) is 0 Å². The fourth-order valence-corrected chi connectivity index (χ4v) is 3.05. The number of aromatic nitrogens is 1. The first-order chi connectivity index (χ1) is 8.88. The van der Waals surface area contributed by atoms with Gasteiger partial charge in [0.15, 0.2) is 0 Å². The van der Waals surface area contributed by atoms with Crippen molar-refractivity contribution in [2.24, 2.45) is 0 Å². The first-order valence-electron chi connectivity index (χ1n) is 8.12. The molecule has 0 bridgehead atoms. The Balaban J connectivity index is 3.67. The molecule has 1 N–H and O–H groups in total. The molecule has 1 nitrogen and oxygen atoms in total. The average Bonchev–Trinajstić information content (AvgIpc) is 2.68. The van der Waals surface area contributed by atoms with E-state index >= 15 is 0 Å². The van der Waals surface area contributed by atoms with Crippen LogP contribution >= 0.6 is 0 Å². The van der Waals surface area contributed by atoms with Crippen molar-refractivity contribution < 1.29 is 0 Å². The van der Waals surface area contributed by atoms with E-state index < -0.39 is 0 Å². The van der Waals surface area contributed by atoms with Gasteiger partial charge in [-0.2, -0.15) is 0 Å². The Morgan fingerprint density at radius 3 is 1.55 bits per heavy atom. The van der Waals surface area contributed by atoms with Crippen LogP contribution < -0.4 is 0 Å². The summed E-state index contributed by atoms with van der Waals surface area (Å²) < 4.78 is 0. The van der Waals surface area contributed by atoms with E-state index in [9.17, 15) is 0 Å². The summed E-state index contributed by atoms with van der Waals surface area (Å²) in [5.41, 5.74) is 6.49. The molecule has 116 valence electrons. The van der Waals surface area contributed by atoms with Crippen molar-refractivity contribution in [2.45, 2.75) is 98.3 Å². The van der Waals surface area contributed by atoms with Crippen molar-refractivity contribution in [1.82, 2.24) is 4.98 Å². The van der Waals surface area contributed by atoms with Crippen LogP contribution in [0.3, 0.4) is 0 Å². The monoisotopic (exact) mass is 277 g/mol. The maximum atomic E-state index is 3.82. The summed E-state index contributed by atoms with van der Waals surface area (Å²) in [5, 5.41) is 0. The zero-order chi connectivity index (χ0) is 15.9. The molecule has 1 heteroatoms. The van der Waals surface area contributed by atoms with Gasteiger partial charge >= 0.3 is 0 Å². The third-order valence-electron chi connectivity index (χ3n) is 5.12. The molecule has 0 aliphatic heterocycles. The van der Waals surface area contributed by atoms with Gasteiger partial charge < -0.3 is 4.98 Å². The molecule has 0 amide bonds. The second kappa shape index (κ2) is 5.24. The van der Waals surface area contributed by atoms with E-state index in [-0.39, 0.29) is 16.2 Å². The minimum atomic E-state index is 0.171. The topological polar surface area (TPSA) is 15.8 Å². The molecule has 0 atom stereocenters. The summed E-state index contributed by atoms with van der Waals surface area (Å²) in [5.74, 6) is 0. The van der Waals surface area contributed by atoms with Gasteiger partial charge in [-0.05, 0) is 36.3 Å². The summed E-state index contributed by atoms with van der Waals surface area (Å²) >= 11 is 0. The Morgan fingerprint density at radius 2 is 1.20 bits per heavy atom. The van der Waals surface area contributed by atoms with Crippen molar-refractivity contribution >= 4 is 0 Å². The van der Waals surface area contributed by atoms with Gasteiger partial charge in [0.05, 0.1) is 0 Å². The fraction of sp³-hybridized carbons (Fsp3) is 0.789. The van der Waals surface area contributed by atoms with Crippen molar-refractivity contribution in [3.05, 3.63) is 22.5 Å². The van der Waals surface area contributed by atoms with Crippen molar-refractivity contribution in [3.8, 4) is 0 Å². The Bertz CT molecular complexity index is 467. The molecule has 0 radical (unpaired) electrons. The molecule has 0 fully saturated rings. The third kappa shape index (κ3) is 2.97. The summed E-state index contributed by atoms with van der Waals surface area (Å²) in [4.78, 5) is 3.82. The van der Waals surface area contributed by atoms with E-state index in [0.29, 0.717) is 0 Å². The number of hydrogen-bond acceptors (Lipinski definition) is 0. The average molecular weight is 277 g/mol. The number of nitrogens with one attached hydrogen (secondary N) is 1. The molecule has 0 saturated heterocycles. The lowest BCUT2D eigenvalue weighted by Gasteiger charge is -2.31. The third-order valence-corrected chi connectivity index (χ3v) is 5.12. The molecule has 0 aromatic carbocycles. The van der Waals surface area contributed by atoms with Gasteiger partial charge in [-0.15, -0.1) is 0 Å². The molecule has 1 aromatic heterocycles. The summed E-state index contributed by atoms with van der Waals surface area (Å²) in [6, 6.07) is 0. The lowest BCUT2D eigenvalue weighted by Crippen LogP contribution is -2.25. The van der Waals surface area contributed by atoms with Gasteiger partial charge in [0.2, 0.25) is 0 Å². The molecular formula is C19H35N. The van der Waals surface area contributed by atoms with Crippen LogP contribution in [0.25, 0.3) is 0 Å². The lowest BCUT2D eigenvalue weighted by molar-refractivity contribution is 0.446. The minimum absolute atomic E-state index is 0.171. The highest BCUT2D eigenvalue weighted by atomic mass is 14.8. The highest BCUT2D eigenvalue weighted by Crippen LogP contribution is 2.42. The van der Waals surface area contributed by atoms with Crippen LogP contribution in [0.1, 0.15) is 97.7 Å². The highest BCUT2D eigenvalue weighted by Gasteiger charge is 2.35. The lowest BCUT2D eigenvalue weighted by atomic mass is 9.73. The SMILES string of the molecule is CCC(C)(C)c1[nH]c(C(C)(C)C)c(C)c1C(C)(C)CC. The molecule has 0 spiro atoms. The van der Waals surface area contributed by atoms with Gasteiger partial charge in [0.1, 0.15) is 0 Å². The Morgan fingerprint density at radius 1 is 0.750 bits per heavy atom. The molecule has 0 aliphatic rings. The first-order valence-corrected chi connectivity index (χ1v) is 8.12. The standard InChI is InChI=1S/C19H35N/c1-11-18(7,8)14-13(3)15(17(4,5)6)20-16(14)19(9,10)12-2/h20H,11-12H2,1-10H3. The second-order valence-corrected chi connectivity index (χ2v) is 8.60. The Kier molecular flexibility index (Phi) is 4.54. The number of rotatable bonds is 4. The van der Waals surface area contributed by atoms with Gasteiger partial charge in [0.25, 0.3) is 0 Å². The minimum Gasteiger partial charge on any atom is -0.361 e. The second-order valence-electron chi connectivity index (χ2n) is 8.60. The summed E-state index contributed by atoms with van der Waals surface area (Å²) in [6.07, 6.45) is 2.32. The van der Waals surface area contributed by atoms with Crippen LogP contribution in [0, 0.1) is 6.92 Å².